The van der Waals surface area contributed by atoms with Crippen molar-refractivity contribution in [2.24, 2.45) is 0 Å². The molecule has 172 valence electrons. The molecular formula is C23H23F4NO3S. The summed E-state index contributed by atoms with van der Waals surface area (Å²) in [6, 6.07) is 11.2. The van der Waals surface area contributed by atoms with E-state index in [9.17, 15) is 26.0 Å². The predicted octanol–water partition coefficient (Wildman–Crippen LogP) is 5.68. The zero-order chi connectivity index (χ0) is 23.7. The van der Waals surface area contributed by atoms with Crippen LogP contribution < -0.4 is 4.72 Å². The molecule has 9 heteroatoms. The highest BCUT2D eigenvalue weighted by Crippen LogP contribution is 2.39. The summed E-state index contributed by atoms with van der Waals surface area (Å²) >= 11 is 0. The molecule has 0 aromatic heterocycles. The molecule has 1 N–H and O–H groups in total. The number of benzene rings is 2. The summed E-state index contributed by atoms with van der Waals surface area (Å²) in [5.74, 6) is -1.83. The van der Waals surface area contributed by atoms with Crippen molar-refractivity contribution in [2.75, 3.05) is 0 Å². The molecular weight excluding hydrogens is 446 g/mol. The lowest BCUT2D eigenvalue weighted by molar-refractivity contribution is -0.203. The van der Waals surface area contributed by atoms with Crippen LogP contribution in [-0.2, 0) is 20.2 Å². The van der Waals surface area contributed by atoms with Crippen LogP contribution in [0.4, 0.5) is 17.6 Å². The van der Waals surface area contributed by atoms with Gasteiger partial charge in [-0.2, -0.15) is 13.5 Å². The van der Waals surface area contributed by atoms with Gasteiger partial charge >= 0.3 is 6.61 Å². The van der Waals surface area contributed by atoms with Gasteiger partial charge < -0.3 is 0 Å². The molecule has 0 amide bonds. The fourth-order valence-electron chi connectivity index (χ4n) is 3.37. The first-order valence-electron chi connectivity index (χ1n) is 9.76. The first-order valence-corrected chi connectivity index (χ1v) is 11.2. The van der Waals surface area contributed by atoms with Crippen molar-refractivity contribution in [1.29, 1.82) is 0 Å². The first-order chi connectivity index (χ1) is 14.8. The lowest BCUT2D eigenvalue weighted by Gasteiger charge is -2.35. The Kier molecular flexibility index (Phi) is 6.65. The Morgan fingerprint density at radius 2 is 1.72 bits per heavy atom. The minimum atomic E-state index is -4.48. The number of rotatable bonds is 6. The standard InChI is InChI=1S/C23H23F4NO3S/c1-22(2,3)17-7-5-9-19(13-17)32(29,30)28-23(31-21(26)27)14-16(10-11-20(23)25)15-6-4-8-18(24)12-15/h4-13,21,28H,14H2,1-3H3. The van der Waals surface area contributed by atoms with Gasteiger partial charge in [0.15, 0.2) is 5.72 Å². The zero-order valence-corrected chi connectivity index (χ0v) is 18.5. The Balaban J connectivity index is 2.03. The van der Waals surface area contributed by atoms with Crippen molar-refractivity contribution in [3.05, 3.63) is 83.5 Å². The first kappa shape index (κ1) is 24.2. The van der Waals surface area contributed by atoms with Crippen LogP contribution in [0, 0.1) is 5.82 Å². The van der Waals surface area contributed by atoms with E-state index in [4.69, 9.17) is 0 Å². The fourth-order valence-corrected chi connectivity index (χ4v) is 4.68. The van der Waals surface area contributed by atoms with Crippen LogP contribution in [0.1, 0.15) is 38.3 Å². The summed E-state index contributed by atoms with van der Waals surface area (Å²) in [5.41, 5.74) is -1.89. The third-order valence-electron chi connectivity index (χ3n) is 5.05. The van der Waals surface area contributed by atoms with Crippen LogP contribution in [0.5, 0.6) is 0 Å². The van der Waals surface area contributed by atoms with Crippen LogP contribution in [0.25, 0.3) is 5.57 Å². The van der Waals surface area contributed by atoms with Crippen molar-refractivity contribution < 1.29 is 30.7 Å². The number of allylic oxidation sites excluding steroid dienone is 2. The van der Waals surface area contributed by atoms with E-state index in [2.05, 4.69) is 4.74 Å². The maximum Gasteiger partial charge on any atom is 0.347 e. The van der Waals surface area contributed by atoms with Crippen LogP contribution in [0.3, 0.4) is 0 Å². The van der Waals surface area contributed by atoms with Gasteiger partial charge in [0.1, 0.15) is 11.6 Å². The zero-order valence-electron chi connectivity index (χ0n) is 17.7. The predicted molar refractivity (Wildman–Crippen MR) is 113 cm³/mol. The monoisotopic (exact) mass is 469 g/mol. The fraction of sp³-hybridized carbons (Fsp3) is 0.304. The van der Waals surface area contributed by atoms with Crippen LogP contribution in [0.2, 0.25) is 0 Å². The van der Waals surface area contributed by atoms with Gasteiger partial charge in [0.05, 0.1) is 4.90 Å². The van der Waals surface area contributed by atoms with E-state index in [0.29, 0.717) is 5.56 Å². The average molecular weight is 470 g/mol. The summed E-state index contributed by atoms with van der Waals surface area (Å²) < 4.78 is 87.9. The second-order valence-electron chi connectivity index (χ2n) is 8.48. The molecule has 0 saturated carbocycles. The highest BCUT2D eigenvalue weighted by atomic mass is 32.2. The van der Waals surface area contributed by atoms with Gasteiger partial charge in [-0.15, -0.1) is 0 Å². The van der Waals surface area contributed by atoms with E-state index in [1.165, 1.54) is 42.5 Å². The molecule has 0 radical (unpaired) electrons. The highest BCUT2D eigenvalue weighted by Gasteiger charge is 2.45. The van der Waals surface area contributed by atoms with Gasteiger partial charge in [0.2, 0.25) is 10.0 Å². The number of ether oxygens (including phenoxy) is 1. The van der Waals surface area contributed by atoms with E-state index in [1.54, 1.807) is 6.07 Å². The summed E-state index contributed by atoms with van der Waals surface area (Å²) in [4.78, 5) is -0.225. The van der Waals surface area contributed by atoms with Crippen molar-refractivity contribution >= 4 is 15.6 Å². The molecule has 2 aromatic carbocycles. The molecule has 1 aliphatic rings. The maximum atomic E-state index is 14.9. The topological polar surface area (TPSA) is 55.4 Å². The molecule has 0 spiro atoms. The Labute approximate surface area is 184 Å². The van der Waals surface area contributed by atoms with Gasteiger partial charge in [-0.05, 0) is 52.5 Å². The van der Waals surface area contributed by atoms with Gasteiger partial charge in [-0.1, -0.05) is 51.1 Å². The molecule has 4 nitrogen and oxygen atoms in total. The Bertz CT molecular complexity index is 1170. The van der Waals surface area contributed by atoms with E-state index in [-0.39, 0.29) is 21.4 Å². The number of hydrogen-bond donors (Lipinski definition) is 1. The number of hydrogen-bond acceptors (Lipinski definition) is 3. The summed E-state index contributed by atoms with van der Waals surface area (Å²) in [6.45, 7) is 2.16. The van der Waals surface area contributed by atoms with Gasteiger partial charge in [0, 0.05) is 6.42 Å². The van der Waals surface area contributed by atoms with E-state index in [0.717, 1.165) is 12.1 Å². The second kappa shape index (κ2) is 8.80. The molecule has 0 fully saturated rings. The van der Waals surface area contributed by atoms with Crippen molar-refractivity contribution in [3.63, 3.8) is 0 Å². The lowest BCUT2D eigenvalue weighted by atomic mass is 9.87. The highest BCUT2D eigenvalue weighted by molar-refractivity contribution is 7.89. The number of sulfonamides is 1. The van der Waals surface area contributed by atoms with Gasteiger partial charge in [-0.3, -0.25) is 4.74 Å². The molecule has 2 aromatic rings. The van der Waals surface area contributed by atoms with Crippen molar-refractivity contribution in [2.45, 2.75) is 49.8 Å². The van der Waals surface area contributed by atoms with Crippen LogP contribution in [0.15, 0.2) is 71.4 Å². The number of halogens is 4. The smallest absolute Gasteiger partial charge is 0.293 e. The summed E-state index contributed by atoms with van der Waals surface area (Å²) in [6.07, 6.45) is 1.49. The second-order valence-corrected chi connectivity index (χ2v) is 10.2. The van der Waals surface area contributed by atoms with E-state index >= 15 is 0 Å². The molecule has 1 atom stereocenters. The molecule has 0 saturated heterocycles. The molecule has 32 heavy (non-hydrogen) atoms. The SMILES string of the molecule is CC(C)(C)c1cccc(S(=O)(=O)NC2(OC(F)F)CC(c3cccc(F)c3)=CC=C2F)c1. The Morgan fingerprint density at radius 1 is 1.03 bits per heavy atom. The van der Waals surface area contributed by atoms with Crippen molar-refractivity contribution in [1.82, 2.24) is 4.72 Å². The molecule has 1 aliphatic carbocycles. The van der Waals surface area contributed by atoms with Crippen LogP contribution >= 0.6 is 0 Å². The largest absolute Gasteiger partial charge is 0.347 e. The molecule has 1 unspecified atom stereocenters. The number of alkyl halides is 2. The summed E-state index contributed by atoms with van der Waals surface area (Å²) in [5, 5.41) is 0. The Hall–Kier alpha value is -2.49. The maximum absolute atomic E-state index is 14.9. The van der Waals surface area contributed by atoms with E-state index in [1.807, 2.05) is 25.5 Å². The summed E-state index contributed by atoms with van der Waals surface area (Å²) in [7, 11) is -4.48. The van der Waals surface area contributed by atoms with E-state index < -0.39 is 40.4 Å². The average Bonchev–Trinajstić information content (AvgIpc) is 2.69. The molecule has 3 rings (SSSR count). The molecule has 0 bridgehead atoms. The lowest BCUT2D eigenvalue weighted by Crippen LogP contribution is -2.53. The molecule has 0 aliphatic heterocycles. The third-order valence-corrected chi connectivity index (χ3v) is 6.52. The van der Waals surface area contributed by atoms with Crippen molar-refractivity contribution in [3.8, 4) is 0 Å². The van der Waals surface area contributed by atoms with Crippen LogP contribution in [-0.4, -0.2) is 20.8 Å². The van der Waals surface area contributed by atoms with Gasteiger partial charge in [0.25, 0.3) is 0 Å². The third kappa shape index (κ3) is 5.28. The normalized spacial score (nSPS) is 19.6. The minimum absolute atomic E-state index is 0.220. The number of nitrogens with one attached hydrogen (secondary N) is 1. The Morgan fingerprint density at radius 3 is 2.34 bits per heavy atom. The van der Waals surface area contributed by atoms with Gasteiger partial charge in [-0.25, -0.2) is 17.2 Å². The minimum Gasteiger partial charge on any atom is -0.293 e. The quantitative estimate of drug-likeness (QED) is 0.438. The molecule has 0 heterocycles.